The van der Waals surface area contributed by atoms with Crippen molar-refractivity contribution in [2.75, 3.05) is 23.2 Å². The summed E-state index contributed by atoms with van der Waals surface area (Å²) in [5.41, 5.74) is 2.04. The number of amides is 1. The van der Waals surface area contributed by atoms with E-state index in [9.17, 15) is 13.2 Å². The first-order chi connectivity index (χ1) is 16.4. The molecule has 4 rings (SSSR count). The van der Waals surface area contributed by atoms with Crippen molar-refractivity contribution in [1.82, 2.24) is 5.32 Å². The van der Waals surface area contributed by atoms with Crippen LogP contribution >= 0.6 is 11.3 Å². The van der Waals surface area contributed by atoms with Crippen LogP contribution in [0.1, 0.15) is 16.5 Å². The molecule has 0 aliphatic carbocycles. The molecule has 0 unspecified atom stereocenters. The standard InChI is InChI=1S/C26H25N3O3S2/c1-29(22-13-6-3-7-14-22)34(31,32)23-15-8-12-21(18-23)28-25(30)19-27-26(24-16-9-17-33-24)20-10-4-2-5-11-20/h2-18,26-27H,19H2,1H3,(H,28,30)/t26-/m1/s1. The maximum Gasteiger partial charge on any atom is 0.264 e. The number of sulfonamides is 1. The minimum absolute atomic E-state index is 0.0678. The first-order valence-corrected chi connectivity index (χ1v) is 13.0. The minimum Gasteiger partial charge on any atom is -0.325 e. The molecule has 3 aromatic carbocycles. The molecule has 0 spiro atoms. The summed E-state index contributed by atoms with van der Waals surface area (Å²) in [4.78, 5) is 13.9. The lowest BCUT2D eigenvalue weighted by Crippen LogP contribution is -2.31. The topological polar surface area (TPSA) is 78.5 Å². The van der Waals surface area contributed by atoms with Gasteiger partial charge in [-0.05, 0) is 47.3 Å². The molecule has 0 aliphatic rings. The van der Waals surface area contributed by atoms with E-state index in [1.807, 2.05) is 53.9 Å². The van der Waals surface area contributed by atoms with Gasteiger partial charge in [0.2, 0.25) is 5.91 Å². The Hall–Kier alpha value is -3.46. The number of hydrogen-bond donors (Lipinski definition) is 2. The summed E-state index contributed by atoms with van der Waals surface area (Å²) < 4.78 is 27.4. The fraction of sp³-hybridized carbons (Fsp3) is 0.115. The molecule has 1 heterocycles. The van der Waals surface area contributed by atoms with Crippen LogP contribution in [0, 0.1) is 0 Å². The average molecular weight is 492 g/mol. The van der Waals surface area contributed by atoms with Gasteiger partial charge in [0.05, 0.1) is 23.2 Å². The molecule has 0 saturated heterocycles. The third kappa shape index (κ3) is 5.53. The van der Waals surface area contributed by atoms with Crippen molar-refractivity contribution in [3.8, 4) is 0 Å². The van der Waals surface area contributed by atoms with Crippen LogP contribution in [0.15, 0.2) is 107 Å². The smallest absolute Gasteiger partial charge is 0.264 e. The number of thiophene rings is 1. The fourth-order valence-electron chi connectivity index (χ4n) is 3.55. The van der Waals surface area contributed by atoms with Crippen LogP contribution < -0.4 is 14.9 Å². The number of rotatable bonds is 9. The Morgan fingerprint density at radius 3 is 2.29 bits per heavy atom. The molecule has 0 aliphatic heterocycles. The predicted molar refractivity (Wildman–Crippen MR) is 138 cm³/mol. The Morgan fingerprint density at radius 1 is 0.912 bits per heavy atom. The first kappa shape index (κ1) is 23.7. The number of anilines is 2. The highest BCUT2D eigenvalue weighted by atomic mass is 32.2. The van der Waals surface area contributed by atoms with Crippen molar-refractivity contribution in [3.63, 3.8) is 0 Å². The van der Waals surface area contributed by atoms with Crippen molar-refractivity contribution in [2.45, 2.75) is 10.9 Å². The van der Waals surface area contributed by atoms with Gasteiger partial charge in [-0.15, -0.1) is 11.3 Å². The van der Waals surface area contributed by atoms with Gasteiger partial charge in [0.25, 0.3) is 10.0 Å². The monoisotopic (exact) mass is 491 g/mol. The second kappa shape index (κ2) is 10.6. The van der Waals surface area contributed by atoms with Crippen LogP contribution in [0.4, 0.5) is 11.4 Å². The van der Waals surface area contributed by atoms with Crippen molar-refractivity contribution in [2.24, 2.45) is 0 Å². The van der Waals surface area contributed by atoms with E-state index in [1.54, 1.807) is 47.7 Å². The number of carbonyl (C=O) groups is 1. The van der Waals surface area contributed by atoms with Crippen molar-refractivity contribution >= 4 is 38.6 Å². The van der Waals surface area contributed by atoms with E-state index < -0.39 is 10.0 Å². The highest BCUT2D eigenvalue weighted by Crippen LogP contribution is 2.26. The largest absolute Gasteiger partial charge is 0.325 e. The summed E-state index contributed by atoms with van der Waals surface area (Å²) >= 11 is 1.62. The van der Waals surface area contributed by atoms with E-state index in [-0.39, 0.29) is 23.4 Å². The summed E-state index contributed by atoms with van der Waals surface area (Å²) in [5, 5.41) is 8.12. The number of nitrogens with zero attached hydrogens (tertiary/aromatic N) is 1. The molecule has 6 nitrogen and oxygen atoms in total. The zero-order valence-electron chi connectivity index (χ0n) is 18.6. The van der Waals surface area contributed by atoms with E-state index >= 15 is 0 Å². The summed E-state index contributed by atoms with van der Waals surface area (Å²) in [6.07, 6.45) is 0. The molecule has 34 heavy (non-hydrogen) atoms. The molecule has 0 radical (unpaired) electrons. The molecule has 1 aromatic heterocycles. The highest BCUT2D eigenvalue weighted by molar-refractivity contribution is 7.92. The fourth-order valence-corrected chi connectivity index (χ4v) is 5.62. The maximum atomic E-state index is 13.1. The van der Waals surface area contributed by atoms with E-state index in [0.717, 1.165) is 10.4 Å². The van der Waals surface area contributed by atoms with Gasteiger partial charge in [0, 0.05) is 17.6 Å². The lowest BCUT2D eigenvalue weighted by atomic mass is 10.1. The SMILES string of the molecule is CN(c1ccccc1)S(=O)(=O)c1cccc(NC(=O)CN[C@H](c2ccccc2)c2cccs2)c1. The molecular weight excluding hydrogens is 466 g/mol. The summed E-state index contributed by atoms with van der Waals surface area (Å²) in [5.74, 6) is -0.261. The van der Waals surface area contributed by atoms with Gasteiger partial charge < -0.3 is 5.32 Å². The molecule has 8 heteroatoms. The van der Waals surface area contributed by atoms with Gasteiger partial charge >= 0.3 is 0 Å². The lowest BCUT2D eigenvalue weighted by Gasteiger charge is -2.20. The minimum atomic E-state index is -3.77. The number of para-hydroxylation sites is 1. The molecule has 1 amide bonds. The van der Waals surface area contributed by atoms with E-state index in [0.29, 0.717) is 11.4 Å². The van der Waals surface area contributed by atoms with Gasteiger partial charge in [0.15, 0.2) is 0 Å². The summed E-state index contributed by atoms with van der Waals surface area (Å²) in [6.45, 7) is 0.0678. The van der Waals surface area contributed by atoms with Gasteiger partial charge in [-0.1, -0.05) is 60.7 Å². The van der Waals surface area contributed by atoms with Crippen LogP contribution in [0.3, 0.4) is 0 Å². The number of hydrogen-bond acceptors (Lipinski definition) is 5. The Morgan fingerprint density at radius 2 is 1.62 bits per heavy atom. The van der Waals surface area contributed by atoms with Gasteiger partial charge in [-0.25, -0.2) is 8.42 Å². The molecular formula is C26H25N3O3S2. The van der Waals surface area contributed by atoms with E-state index in [2.05, 4.69) is 10.6 Å². The molecule has 0 saturated carbocycles. The van der Waals surface area contributed by atoms with Gasteiger partial charge in [0.1, 0.15) is 0 Å². The Labute approximate surface area is 203 Å². The first-order valence-electron chi connectivity index (χ1n) is 10.7. The average Bonchev–Trinajstić information content (AvgIpc) is 3.40. The van der Waals surface area contributed by atoms with Gasteiger partial charge in [-0.2, -0.15) is 0 Å². The van der Waals surface area contributed by atoms with Gasteiger partial charge in [-0.3, -0.25) is 14.4 Å². The third-order valence-electron chi connectivity index (χ3n) is 5.32. The Balaban J connectivity index is 1.45. The normalized spacial score (nSPS) is 12.1. The molecule has 0 fully saturated rings. The van der Waals surface area contributed by atoms with E-state index in [1.165, 1.54) is 23.5 Å². The van der Waals surface area contributed by atoms with Crippen molar-refractivity contribution in [3.05, 3.63) is 113 Å². The highest BCUT2D eigenvalue weighted by Gasteiger charge is 2.22. The maximum absolute atomic E-state index is 13.1. The van der Waals surface area contributed by atoms with Crippen molar-refractivity contribution < 1.29 is 13.2 Å². The molecule has 2 N–H and O–H groups in total. The molecule has 4 aromatic rings. The number of carbonyl (C=O) groups excluding carboxylic acids is 1. The quantitative estimate of drug-likeness (QED) is 0.349. The Kier molecular flexibility index (Phi) is 7.42. The molecule has 174 valence electrons. The number of nitrogens with one attached hydrogen (secondary N) is 2. The van der Waals surface area contributed by atoms with Crippen LogP contribution in [0.2, 0.25) is 0 Å². The molecule has 0 bridgehead atoms. The zero-order valence-corrected chi connectivity index (χ0v) is 20.2. The summed E-state index contributed by atoms with van der Waals surface area (Å²) in [6, 6.07) is 29.0. The third-order valence-corrected chi connectivity index (χ3v) is 8.04. The van der Waals surface area contributed by atoms with E-state index in [4.69, 9.17) is 0 Å². The second-order valence-corrected chi connectivity index (χ2v) is 10.6. The van der Waals surface area contributed by atoms with Crippen molar-refractivity contribution in [1.29, 1.82) is 0 Å². The predicted octanol–water partition coefficient (Wildman–Crippen LogP) is 4.89. The van der Waals surface area contributed by atoms with Crippen LogP contribution in [-0.4, -0.2) is 27.9 Å². The Bertz CT molecular complexity index is 1330. The lowest BCUT2D eigenvalue weighted by molar-refractivity contribution is -0.115. The zero-order chi connectivity index (χ0) is 24.0. The molecule has 1 atom stereocenters. The second-order valence-electron chi connectivity index (χ2n) is 7.62. The van der Waals surface area contributed by atoms with Crippen LogP contribution in [0.5, 0.6) is 0 Å². The number of benzene rings is 3. The van der Waals surface area contributed by atoms with Crippen LogP contribution in [0.25, 0.3) is 0 Å². The summed E-state index contributed by atoms with van der Waals surface area (Å²) in [7, 11) is -2.27. The van der Waals surface area contributed by atoms with Crippen LogP contribution in [-0.2, 0) is 14.8 Å².